The summed E-state index contributed by atoms with van der Waals surface area (Å²) in [5.74, 6) is 0. The van der Waals surface area contributed by atoms with Crippen molar-refractivity contribution in [3.05, 3.63) is 134 Å². The molecule has 6 heterocycles. The van der Waals surface area contributed by atoms with Crippen molar-refractivity contribution >= 4 is 59.0 Å². The number of nitrogens with zero attached hydrogens (tertiary/aromatic N) is 2. The van der Waals surface area contributed by atoms with Crippen molar-refractivity contribution in [3.63, 3.8) is 0 Å². The van der Waals surface area contributed by atoms with Crippen LogP contribution < -0.4 is 5.46 Å². The standard InChI is InChI=1S/C53H55BN4O2/c1-28-22-31(4)45(32(5)23-28)48-37-14-16-39(55-37)49(46-33(6)24-29(2)25-34(46)7)41-18-20-43(57-41)51(54-59-52(10,11)53(12,13)60-54)44-21-19-42(58-44)50(40-17-15-38(48)56-40)47-35(8)26-30(3)27-36(47)9/h14-27,55,58H,1-13H3. The van der Waals surface area contributed by atoms with Crippen molar-refractivity contribution < 1.29 is 9.31 Å². The molecule has 0 radical (unpaired) electrons. The maximum Gasteiger partial charge on any atom is 0.499 e. The average molecular weight is 791 g/mol. The van der Waals surface area contributed by atoms with E-state index in [4.69, 9.17) is 19.3 Å². The van der Waals surface area contributed by atoms with E-state index in [0.717, 1.165) is 67.0 Å². The van der Waals surface area contributed by atoms with Gasteiger partial charge in [-0.25, -0.2) is 9.97 Å². The zero-order valence-corrected chi connectivity index (χ0v) is 37.4. The van der Waals surface area contributed by atoms with Crippen molar-refractivity contribution in [3.8, 4) is 33.4 Å². The maximum atomic E-state index is 6.84. The summed E-state index contributed by atoms with van der Waals surface area (Å²) in [5.41, 5.74) is 24.7. The molecule has 8 bridgehead atoms. The summed E-state index contributed by atoms with van der Waals surface area (Å²) in [4.78, 5) is 19.0. The Labute approximate surface area is 355 Å². The van der Waals surface area contributed by atoms with E-state index in [1.165, 1.54) is 66.8 Å². The molecule has 0 amide bonds. The quantitative estimate of drug-likeness (QED) is 0.174. The molecule has 9 rings (SSSR count). The zero-order chi connectivity index (χ0) is 42.6. The highest BCUT2D eigenvalue weighted by Gasteiger charge is 2.53. The SMILES string of the molecule is Cc1cc(C)c(-c2c3nc(c(-c4c(C)cc(C)cc4C)c4ccc([nH]4)c(-c4c(C)cc(C)cc4C)c4nc(c(B5OC(C)(C)C(C)(C)O5)c5ccc2[nH]5)C=C4)C=C3)c(C)c1. The average Bonchev–Trinajstić information content (AvgIpc) is 3.99. The molecule has 1 saturated heterocycles. The Morgan fingerprint density at radius 2 is 0.683 bits per heavy atom. The third kappa shape index (κ3) is 6.50. The van der Waals surface area contributed by atoms with Crippen LogP contribution >= 0.6 is 0 Å². The molecule has 0 aliphatic carbocycles. The van der Waals surface area contributed by atoms with Crippen LogP contribution in [0.1, 0.15) is 101 Å². The second kappa shape index (κ2) is 14.2. The summed E-state index contributed by atoms with van der Waals surface area (Å²) in [6.07, 6.45) is 8.65. The van der Waals surface area contributed by atoms with E-state index >= 15 is 0 Å². The number of nitrogens with one attached hydrogen (secondary N) is 2. The number of fused-ring (bicyclic) bond motifs is 8. The minimum Gasteiger partial charge on any atom is -0.399 e. The van der Waals surface area contributed by atoms with Gasteiger partial charge >= 0.3 is 7.12 Å². The molecule has 2 N–H and O–H groups in total. The van der Waals surface area contributed by atoms with Crippen molar-refractivity contribution in [2.75, 3.05) is 0 Å². The molecule has 60 heavy (non-hydrogen) atoms. The molecule has 302 valence electrons. The van der Waals surface area contributed by atoms with E-state index in [1.54, 1.807) is 0 Å². The molecule has 1 fully saturated rings. The Balaban J connectivity index is 1.50. The highest BCUT2D eigenvalue weighted by atomic mass is 16.7. The molecule has 3 aliphatic rings. The van der Waals surface area contributed by atoms with Gasteiger partial charge in [-0.1, -0.05) is 53.1 Å². The summed E-state index contributed by atoms with van der Waals surface area (Å²) in [6, 6.07) is 22.4. The van der Waals surface area contributed by atoms with Crippen LogP contribution in [0, 0.1) is 62.3 Å². The fourth-order valence-corrected chi connectivity index (χ4v) is 9.95. The number of aromatic amines is 2. The van der Waals surface area contributed by atoms with Crippen LogP contribution in [-0.2, 0) is 9.31 Å². The summed E-state index contributed by atoms with van der Waals surface area (Å²) < 4.78 is 13.7. The van der Waals surface area contributed by atoms with Crippen LogP contribution in [0.4, 0.5) is 0 Å². The largest absolute Gasteiger partial charge is 0.499 e. The van der Waals surface area contributed by atoms with Gasteiger partial charge in [0.1, 0.15) is 0 Å². The van der Waals surface area contributed by atoms with Gasteiger partial charge < -0.3 is 19.3 Å². The lowest BCUT2D eigenvalue weighted by molar-refractivity contribution is 0.00578. The highest BCUT2D eigenvalue weighted by Crippen LogP contribution is 2.42. The van der Waals surface area contributed by atoms with Gasteiger partial charge in [-0.3, -0.25) is 0 Å². The third-order valence-electron chi connectivity index (χ3n) is 13.1. The van der Waals surface area contributed by atoms with Gasteiger partial charge in [0.25, 0.3) is 0 Å². The first-order chi connectivity index (χ1) is 28.4. The van der Waals surface area contributed by atoms with Crippen LogP contribution in [-0.4, -0.2) is 38.3 Å². The first-order valence-corrected chi connectivity index (χ1v) is 21.2. The molecule has 0 atom stereocenters. The number of rotatable bonds is 4. The van der Waals surface area contributed by atoms with Gasteiger partial charge in [-0.15, -0.1) is 0 Å². The van der Waals surface area contributed by atoms with Crippen molar-refractivity contribution in [2.45, 2.75) is 101 Å². The Hall–Kier alpha value is -5.76. The minimum atomic E-state index is -0.667. The summed E-state index contributed by atoms with van der Waals surface area (Å²) in [7, 11) is -0.667. The van der Waals surface area contributed by atoms with E-state index in [-0.39, 0.29) is 0 Å². The monoisotopic (exact) mass is 790 g/mol. The molecule has 7 heteroatoms. The Morgan fingerprint density at radius 1 is 0.400 bits per heavy atom. The second-order valence-corrected chi connectivity index (χ2v) is 18.5. The molecule has 3 aromatic carbocycles. The van der Waals surface area contributed by atoms with Crippen LogP contribution in [0.15, 0.2) is 60.7 Å². The summed E-state index contributed by atoms with van der Waals surface area (Å²) in [6.45, 7) is 28.1. The third-order valence-corrected chi connectivity index (χ3v) is 13.1. The highest BCUT2D eigenvalue weighted by molar-refractivity contribution is 6.65. The normalized spacial score (nSPS) is 15.4. The molecular formula is C53H55BN4O2. The number of aromatic nitrogens is 4. The lowest BCUT2D eigenvalue weighted by Crippen LogP contribution is -2.41. The van der Waals surface area contributed by atoms with Crippen LogP contribution in [0.2, 0.25) is 0 Å². The molecular weight excluding hydrogens is 735 g/mol. The predicted molar refractivity (Wildman–Crippen MR) is 254 cm³/mol. The van der Waals surface area contributed by atoms with Gasteiger partial charge in [-0.05, 0) is 189 Å². The van der Waals surface area contributed by atoms with Gasteiger partial charge in [0.2, 0.25) is 0 Å². The molecule has 0 unspecified atom stereocenters. The topological polar surface area (TPSA) is 75.8 Å². The van der Waals surface area contributed by atoms with E-state index < -0.39 is 18.3 Å². The molecule has 3 aliphatic heterocycles. The van der Waals surface area contributed by atoms with E-state index in [2.05, 4.69) is 185 Å². The smallest absolute Gasteiger partial charge is 0.399 e. The lowest BCUT2D eigenvalue weighted by atomic mass is 9.77. The van der Waals surface area contributed by atoms with E-state index in [1.807, 2.05) is 0 Å². The van der Waals surface area contributed by atoms with Crippen molar-refractivity contribution in [2.24, 2.45) is 0 Å². The number of aryl methyl sites for hydroxylation is 9. The summed E-state index contributed by atoms with van der Waals surface area (Å²) >= 11 is 0. The Bertz CT molecular complexity index is 2910. The fraction of sp³-hybridized carbons (Fsp3) is 0.283. The fourth-order valence-electron chi connectivity index (χ4n) is 9.95. The van der Waals surface area contributed by atoms with Crippen molar-refractivity contribution in [1.29, 1.82) is 0 Å². The van der Waals surface area contributed by atoms with Crippen molar-refractivity contribution in [1.82, 2.24) is 19.9 Å². The van der Waals surface area contributed by atoms with Crippen LogP contribution in [0.25, 0.3) is 79.8 Å². The number of hydrogen-bond donors (Lipinski definition) is 2. The minimum absolute atomic E-state index is 0.551. The second-order valence-electron chi connectivity index (χ2n) is 18.5. The predicted octanol–water partition coefficient (Wildman–Crippen LogP) is 12.7. The number of H-pyrrole nitrogens is 2. The lowest BCUT2D eigenvalue weighted by Gasteiger charge is -2.32. The molecule has 6 aromatic rings. The summed E-state index contributed by atoms with van der Waals surface area (Å²) in [5, 5.41) is 0. The Morgan fingerprint density at radius 3 is 1.03 bits per heavy atom. The first kappa shape index (κ1) is 39.7. The number of hydrogen-bond acceptors (Lipinski definition) is 4. The number of benzene rings is 3. The van der Waals surface area contributed by atoms with Gasteiger partial charge in [0.15, 0.2) is 0 Å². The van der Waals surface area contributed by atoms with Gasteiger partial charge in [0.05, 0.1) is 34.0 Å². The van der Waals surface area contributed by atoms with Gasteiger partial charge in [-0.2, -0.15) is 0 Å². The van der Waals surface area contributed by atoms with E-state index in [9.17, 15) is 0 Å². The molecule has 6 nitrogen and oxygen atoms in total. The maximum absolute atomic E-state index is 6.84. The van der Waals surface area contributed by atoms with Crippen LogP contribution in [0.5, 0.6) is 0 Å². The molecule has 3 aromatic heterocycles. The van der Waals surface area contributed by atoms with E-state index in [0.29, 0.717) is 0 Å². The first-order valence-electron chi connectivity index (χ1n) is 21.2. The molecule has 0 spiro atoms. The molecule has 0 saturated carbocycles. The van der Waals surface area contributed by atoms with Crippen LogP contribution in [0.3, 0.4) is 0 Å². The van der Waals surface area contributed by atoms with Gasteiger partial charge in [0, 0.05) is 44.2 Å². The Kier molecular flexibility index (Phi) is 9.38. The zero-order valence-electron chi connectivity index (χ0n) is 37.4.